The van der Waals surface area contributed by atoms with Crippen LogP contribution in [-0.2, 0) is 4.84 Å². The van der Waals surface area contributed by atoms with Gasteiger partial charge >= 0.3 is 0 Å². The summed E-state index contributed by atoms with van der Waals surface area (Å²) in [4.78, 5) is 10.00. The lowest BCUT2D eigenvalue weighted by Gasteiger charge is -2.26. The minimum Gasteiger partial charge on any atom is -0.385 e. The Hall–Kier alpha value is -2.29. The predicted octanol–water partition coefficient (Wildman–Crippen LogP) is 4.99. The molecule has 0 saturated heterocycles. The van der Waals surface area contributed by atoms with Crippen LogP contribution in [0, 0.1) is 5.92 Å². The van der Waals surface area contributed by atoms with Crippen LogP contribution in [0.25, 0.3) is 0 Å². The van der Waals surface area contributed by atoms with Crippen LogP contribution in [-0.4, -0.2) is 24.9 Å². The molecule has 0 spiro atoms. The smallest absolute Gasteiger partial charge is 0.132 e. The van der Waals surface area contributed by atoms with E-state index in [-0.39, 0.29) is 0 Å². The van der Waals surface area contributed by atoms with E-state index in [0.29, 0.717) is 12.5 Å². The van der Waals surface area contributed by atoms with E-state index in [1.165, 1.54) is 0 Å². The molecule has 0 aliphatic carbocycles. The van der Waals surface area contributed by atoms with Crippen molar-refractivity contribution in [3.05, 3.63) is 71.7 Å². The van der Waals surface area contributed by atoms with Crippen molar-refractivity contribution >= 4 is 6.21 Å². The Morgan fingerprint density at radius 3 is 2.74 bits per heavy atom. The molecule has 1 atom stereocenters. The second-order valence-electron chi connectivity index (χ2n) is 5.79. The van der Waals surface area contributed by atoms with Crippen LogP contribution >= 0.6 is 0 Å². The van der Waals surface area contributed by atoms with Crippen LogP contribution in [0.4, 0.5) is 0 Å². The van der Waals surface area contributed by atoms with E-state index < -0.39 is 0 Å². The number of hydrogen-bond donors (Lipinski definition) is 0. The zero-order valence-electron chi connectivity index (χ0n) is 14.9. The van der Waals surface area contributed by atoms with Crippen LogP contribution in [0.15, 0.2) is 76.7 Å². The summed E-state index contributed by atoms with van der Waals surface area (Å²) < 4.78 is 0. The van der Waals surface area contributed by atoms with Gasteiger partial charge < -0.3 is 4.84 Å². The van der Waals surface area contributed by atoms with Gasteiger partial charge in [-0.05, 0) is 44.4 Å². The molecule has 0 fully saturated rings. The highest BCUT2D eigenvalue weighted by Gasteiger charge is 2.12. The van der Waals surface area contributed by atoms with Gasteiger partial charge in [-0.3, -0.25) is 4.99 Å². The lowest BCUT2D eigenvalue weighted by molar-refractivity contribution is -0.0702. The number of rotatable bonds is 7. The summed E-state index contributed by atoms with van der Waals surface area (Å²) in [6.45, 7) is 12.6. The first kappa shape index (κ1) is 18.8. The lowest BCUT2D eigenvalue weighted by atomic mass is 10.1. The Morgan fingerprint density at radius 1 is 1.30 bits per heavy atom. The molecule has 1 unspecified atom stereocenters. The van der Waals surface area contributed by atoms with E-state index >= 15 is 0 Å². The predicted molar refractivity (Wildman–Crippen MR) is 100 cm³/mol. The number of likely N-dealkylation sites (N-methyl/N-ethyl adjacent to an activating group) is 1. The average molecular weight is 312 g/mol. The largest absolute Gasteiger partial charge is 0.385 e. The van der Waals surface area contributed by atoms with Gasteiger partial charge in [0.1, 0.15) is 5.76 Å². The summed E-state index contributed by atoms with van der Waals surface area (Å²) in [7, 11) is 1.90. The number of allylic oxidation sites excluding steroid dienone is 10. The van der Waals surface area contributed by atoms with Gasteiger partial charge in [-0.1, -0.05) is 49.5 Å². The van der Waals surface area contributed by atoms with E-state index in [2.05, 4.69) is 36.7 Å². The van der Waals surface area contributed by atoms with Crippen molar-refractivity contribution in [1.82, 2.24) is 5.06 Å². The SMILES string of the molecule is C=C(C)C=CC(C)/C=C\C=C/C=NCC1=CC(C)=C(C)ON1C. The van der Waals surface area contributed by atoms with Gasteiger partial charge in [0.2, 0.25) is 0 Å². The number of hydroxylamine groups is 2. The fourth-order valence-electron chi connectivity index (χ4n) is 1.86. The highest BCUT2D eigenvalue weighted by molar-refractivity contribution is 5.71. The molecule has 0 saturated carbocycles. The number of nitrogens with zero attached hydrogens (tertiary/aromatic N) is 2. The first-order valence-corrected chi connectivity index (χ1v) is 7.87. The summed E-state index contributed by atoms with van der Waals surface area (Å²) in [5.41, 5.74) is 3.26. The molecule has 1 aliphatic heterocycles. The molecule has 0 aromatic carbocycles. The fraction of sp³-hybridized carbons (Fsp3) is 0.350. The summed E-state index contributed by atoms with van der Waals surface area (Å²) in [5.74, 6) is 1.32. The summed E-state index contributed by atoms with van der Waals surface area (Å²) in [5, 5.41) is 1.76. The maximum atomic E-state index is 5.60. The molecule has 0 N–H and O–H groups in total. The fourth-order valence-corrected chi connectivity index (χ4v) is 1.86. The normalized spacial score (nSPS) is 17.6. The van der Waals surface area contributed by atoms with Gasteiger partial charge in [0.25, 0.3) is 0 Å². The van der Waals surface area contributed by atoms with Gasteiger partial charge in [0.15, 0.2) is 0 Å². The van der Waals surface area contributed by atoms with Crippen molar-refractivity contribution in [2.45, 2.75) is 27.7 Å². The Morgan fingerprint density at radius 2 is 2.04 bits per heavy atom. The molecule has 3 nitrogen and oxygen atoms in total. The maximum absolute atomic E-state index is 5.60. The van der Waals surface area contributed by atoms with Crippen molar-refractivity contribution in [3.8, 4) is 0 Å². The molecule has 0 amide bonds. The molecule has 0 aromatic rings. The Labute approximate surface area is 140 Å². The van der Waals surface area contributed by atoms with E-state index in [1.54, 1.807) is 5.06 Å². The molecule has 1 heterocycles. The van der Waals surface area contributed by atoms with Gasteiger partial charge in [0, 0.05) is 13.3 Å². The zero-order valence-corrected chi connectivity index (χ0v) is 14.9. The lowest BCUT2D eigenvalue weighted by Crippen LogP contribution is -2.23. The number of hydrogen-bond acceptors (Lipinski definition) is 3. The third kappa shape index (κ3) is 7.50. The van der Waals surface area contributed by atoms with Gasteiger partial charge in [0.05, 0.1) is 12.2 Å². The molecule has 1 aliphatic rings. The monoisotopic (exact) mass is 312 g/mol. The second-order valence-corrected chi connectivity index (χ2v) is 5.79. The van der Waals surface area contributed by atoms with Crippen LogP contribution < -0.4 is 0 Å². The van der Waals surface area contributed by atoms with Crippen LogP contribution in [0.3, 0.4) is 0 Å². The summed E-state index contributed by atoms with van der Waals surface area (Å²) >= 11 is 0. The van der Waals surface area contributed by atoms with E-state index in [4.69, 9.17) is 4.84 Å². The zero-order chi connectivity index (χ0) is 17.2. The maximum Gasteiger partial charge on any atom is 0.132 e. The highest BCUT2D eigenvalue weighted by Crippen LogP contribution is 2.19. The van der Waals surface area contributed by atoms with Crippen molar-refractivity contribution in [3.63, 3.8) is 0 Å². The molecular weight excluding hydrogens is 284 g/mol. The Kier molecular flexibility index (Phi) is 7.89. The third-order valence-electron chi connectivity index (χ3n) is 3.38. The molecular formula is C20H28N2O. The van der Waals surface area contributed by atoms with Crippen molar-refractivity contribution in [2.24, 2.45) is 10.9 Å². The van der Waals surface area contributed by atoms with E-state index in [1.807, 2.05) is 58.3 Å². The van der Waals surface area contributed by atoms with Crippen LogP contribution in [0.1, 0.15) is 27.7 Å². The Balaban J connectivity index is 2.42. The molecule has 0 radical (unpaired) electrons. The topological polar surface area (TPSA) is 24.8 Å². The quantitative estimate of drug-likeness (QED) is 0.488. The first-order valence-electron chi connectivity index (χ1n) is 7.87. The molecule has 124 valence electrons. The van der Waals surface area contributed by atoms with Crippen LogP contribution in [0.2, 0.25) is 0 Å². The molecule has 23 heavy (non-hydrogen) atoms. The standard InChI is InChI=1S/C20H28N2O/c1-16(2)11-12-17(3)10-8-7-9-13-21-15-20-14-18(4)19(5)23-22(20)6/h7-14,17H,1,15H2,2-6H3/b9-7-,10-8-,12-11?,21-13?. The van der Waals surface area contributed by atoms with Gasteiger partial charge in [-0.15, -0.1) is 0 Å². The first-order chi connectivity index (χ1) is 10.9. The van der Waals surface area contributed by atoms with E-state index in [0.717, 1.165) is 22.6 Å². The number of aliphatic imine (C=N–C) groups is 1. The van der Waals surface area contributed by atoms with Crippen molar-refractivity contribution < 1.29 is 4.84 Å². The highest BCUT2D eigenvalue weighted by atomic mass is 16.7. The Bertz CT molecular complexity index is 589. The minimum atomic E-state index is 0.393. The molecule has 0 aromatic heterocycles. The molecule has 1 rings (SSSR count). The van der Waals surface area contributed by atoms with Gasteiger partial charge in [-0.25, -0.2) is 5.06 Å². The van der Waals surface area contributed by atoms with Crippen molar-refractivity contribution in [2.75, 3.05) is 13.6 Å². The minimum absolute atomic E-state index is 0.393. The third-order valence-corrected chi connectivity index (χ3v) is 3.38. The molecule has 0 bridgehead atoms. The van der Waals surface area contributed by atoms with Crippen molar-refractivity contribution in [1.29, 1.82) is 0 Å². The summed E-state index contributed by atoms with van der Waals surface area (Å²) in [6, 6.07) is 0. The summed E-state index contributed by atoms with van der Waals surface area (Å²) in [6.07, 6.45) is 16.2. The van der Waals surface area contributed by atoms with Crippen LogP contribution in [0.5, 0.6) is 0 Å². The van der Waals surface area contributed by atoms with E-state index in [9.17, 15) is 0 Å². The molecule has 3 heteroatoms. The second kappa shape index (κ2) is 9.67. The average Bonchev–Trinajstić information content (AvgIpc) is 2.49. The van der Waals surface area contributed by atoms with Gasteiger partial charge in [-0.2, -0.15) is 0 Å².